The zero-order valence-electron chi connectivity index (χ0n) is 9.21. The first kappa shape index (κ1) is 12.0. The number of aliphatic imine (C=N–C) groups is 1. The highest BCUT2D eigenvalue weighted by Crippen LogP contribution is 2.02. The summed E-state index contributed by atoms with van der Waals surface area (Å²) in [6.45, 7) is 0.717. The predicted octanol–water partition coefficient (Wildman–Crippen LogP) is 1.36. The van der Waals surface area contributed by atoms with Crippen LogP contribution in [0.3, 0.4) is 0 Å². The molecule has 84 valence electrons. The molecule has 1 aromatic carbocycles. The largest absolute Gasteiger partial charge is 0.334 e. The van der Waals surface area contributed by atoms with Crippen LogP contribution in [-0.2, 0) is 11.3 Å². The highest BCUT2D eigenvalue weighted by Gasteiger charge is 1.96. The Morgan fingerprint density at radius 2 is 2.12 bits per heavy atom. The SMILES string of the molecule is C/N=C\N(/C=C/NC=O)Cc1ccccc1. The molecule has 16 heavy (non-hydrogen) atoms. The zero-order chi connectivity index (χ0) is 11.6. The number of carbonyl (C=O) groups excluding carboxylic acids is 1. The number of carbonyl (C=O) groups is 1. The van der Waals surface area contributed by atoms with E-state index >= 15 is 0 Å². The van der Waals surface area contributed by atoms with Crippen LogP contribution in [0.5, 0.6) is 0 Å². The van der Waals surface area contributed by atoms with Gasteiger partial charge in [0, 0.05) is 26.0 Å². The van der Waals surface area contributed by atoms with E-state index in [0.29, 0.717) is 6.41 Å². The van der Waals surface area contributed by atoms with Gasteiger partial charge in [0.05, 0.1) is 6.34 Å². The normalized spacial score (nSPS) is 10.8. The molecule has 0 unspecified atom stereocenters. The maximum absolute atomic E-state index is 10.1. The second kappa shape index (κ2) is 7.23. The molecule has 0 radical (unpaired) electrons. The summed E-state index contributed by atoms with van der Waals surface area (Å²) in [4.78, 5) is 15.9. The lowest BCUT2D eigenvalue weighted by atomic mass is 10.2. The van der Waals surface area contributed by atoms with Gasteiger partial charge in [-0.1, -0.05) is 30.3 Å². The molecule has 0 spiro atoms. The first-order valence-corrected chi connectivity index (χ1v) is 4.95. The molecule has 0 bridgehead atoms. The van der Waals surface area contributed by atoms with Crippen LogP contribution in [0.25, 0.3) is 0 Å². The molecule has 0 aromatic heterocycles. The molecular weight excluding hydrogens is 202 g/mol. The Bertz CT molecular complexity index is 360. The van der Waals surface area contributed by atoms with Gasteiger partial charge in [0.15, 0.2) is 0 Å². The minimum Gasteiger partial charge on any atom is -0.334 e. The molecular formula is C12H15N3O. The van der Waals surface area contributed by atoms with Crippen LogP contribution in [0.2, 0.25) is 0 Å². The van der Waals surface area contributed by atoms with Crippen molar-refractivity contribution in [2.24, 2.45) is 4.99 Å². The maximum atomic E-state index is 10.1. The molecule has 0 heterocycles. The van der Waals surface area contributed by atoms with Crippen molar-refractivity contribution in [1.82, 2.24) is 10.2 Å². The molecule has 4 heteroatoms. The van der Waals surface area contributed by atoms with Gasteiger partial charge in [-0.25, -0.2) is 0 Å². The second-order valence-corrected chi connectivity index (χ2v) is 3.13. The summed E-state index contributed by atoms with van der Waals surface area (Å²) in [6.07, 6.45) is 5.66. The van der Waals surface area contributed by atoms with E-state index in [2.05, 4.69) is 10.3 Å². The Hall–Kier alpha value is -2.10. The van der Waals surface area contributed by atoms with Gasteiger partial charge in [-0.05, 0) is 5.56 Å². The molecule has 0 saturated heterocycles. The summed E-state index contributed by atoms with van der Waals surface area (Å²) in [6, 6.07) is 10.0. The fourth-order valence-corrected chi connectivity index (χ4v) is 1.25. The van der Waals surface area contributed by atoms with E-state index in [1.165, 1.54) is 5.56 Å². The minimum absolute atomic E-state index is 0.625. The van der Waals surface area contributed by atoms with Crippen molar-refractivity contribution >= 4 is 12.7 Å². The second-order valence-electron chi connectivity index (χ2n) is 3.13. The first-order valence-electron chi connectivity index (χ1n) is 4.95. The third-order valence-corrected chi connectivity index (χ3v) is 1.90. The predicted molar refractivity (Wildman–Crippen MR) is 64.7 cm³/mol. The molecule has 0 aliphatic heterocycles. The van der Waals surface area contributed by atoms with Crippen molar-refractivity contribution < 1.29 is 4.79 Å². The number of hydrogen-bond donors (Lipinski definition) is 1. The highest BCUT2D eigenvalue weighted by atomic mass is 16.1. The number of benzene rings is 1. The van der Waals surface area contributed by atoms with Crippen molar-refractivity contribution in [3.8, 4) is 0 Å². The van der Waals surface area contributed by atoms with Crippen molar-refractivity contribution in [3.05, 3.63) is 48.3 Å². The summed E-state index contributed by atoms with van der Waals surface area (Å²) in [5.74, 6) is 0. The van der Waals surface area contributed by atoms with Gasteiger partial charge in [-0.15, -0.1) is 0 Å². The smallest absolute Gasteiger partial charge is 0.211 e. The fraction of sp³-hybridized carbons (Fsp3) is 0.167. The van der Waals surface area contributed by atoms with Gasteiger partial charge < -0.3 is 10.2 Å². The van der Waals surface area contributed by atoms with Crippen LogP contribution in [0, 0.1) is 0 Å². The van der Waals surface area contributed by atoms with E-state index in [1.807, 2.05) is 35.2 Å². The average molecular weight is 217 g/mol. The molecule has 4 nitrogen and oxygen atoms in total. The van der Waals surface area contributed by atoms with Crippen LogP contribution < -0.4 is 5.32 Å². The molecule has 0 atom stereocenters. The fourth-order valence-electron chi connectivity index (χ4n) is 1.25. The molecule has 0 fully saturated rings. The summed E-state index contributed by atoms with van der Waals surface area (Å²) < 4.78 is 0. The number of nitrogens with one attached hydrogen (secondary N) is 1. The molecule has 1 rings (SSSR count). The van der Waals surface area contributed by atoms with Gasteiger partial charge in [-0.3, -0.25) is 9.79 Å². The topological polar surface area (TPSA) is 44.7 Å². The Balaban J connectivity index is 2.61. The summed E-state index contributed by atoms with van der Waals surface area (Å²) in [7, 11) is 1.71. The van der Waals surface area contributed by atoms with Gasteiger partial charge in [0.2, 0.25) is 6.41 Å². The van der Waals surface area contributed by atoms with E-state index < -0.39 is 0 Å². The molecule has 1 aromatic rings. The van der Waals surface area contributed by atoms with Crippen molar-refractivity contribution in [2.75, 3.05) is 7.05 Å². The lowest BCUT2D eigenvalue weighted by molar-refractivity contribution is -0.108. The van der Waals surface area contributed by atoms with Crippen LogP contribution in [0.1, 0.15) is 5.56 Å². The molecule has 0 aliphatic carbocycles. The maximum Gasteiger partial charge on any atom is 0.211 e. The lowest BCUT2D eigenvalue weighted by Gasteiger charge is -2.14. The Morgan fingerprint density at radius 3 is 2.75 bits per heavy atom. The molecule has 1 amide bonds. The number of amides is 1. The monoisotopic (exact) mass is 217 g/mol. The van der Waals surface area contributed by atoms with Crippen LogP contribution in [0.15, 0.2) is 47.7 Å². The highest BCUT2D eigenvalue weighted by molar-refractivity contribution is 5.56. The lowest BCUT2D eigenvalue weighted by Crippen LogP contribution is -2.15. The van der Waals surface area contributed by atoms with Gasteiger partial charge in [0.25, 0.3) is 0 Å². The number of hydrogen-bond acceptors (Lipinski definition) is 2. The molecule has 0 saturated carbocycles. The van der Waals surface area contributed by atoms with Gasteiger partial charge in [0.1, 0.15) is 0 Å². The minimum atomic E-state index is 0.625. The number of rotatable bonds is 6. The van der Waals surface area contributed by atoms with Crippen LogP contribution >= 0.6 is 0 Å². The van der Waals surface area contributed by atoms with Gasteiger partial charge >= 0.3 is 0 Å². The zero-order valence-corrected chi connectivity index (χ0v) is 9.21. The van der Waals surface area contributed by atoms with E-state index in [4.69, 9.17) is 0 Å². The average Bonchev–Trinajstić information content (AvgIpc) is 2.31. The van der Waals surface area contributed by atoms with E-state index in [9.17, 15) is 4.79 Å². The van der Waals surface area contributed by atoms with E-state index in [0.717, 1.165) is 6.54 Å². The van der Waals surface area contributed by atoms with Gasteiger partial charge in [-0.2, -0.15) is 0 Å². The summed E-state index contributed by atoms with van der Waals surface area (Å²) in [5, 5.41) is 2.46. The number of nitrogens with zero attached hydrogens (tertiary/aromatic N) is 2. The van der Waals surface area contributed by atoms with Crippen LogP contribution in [-0.4, -0.2) is 24.7 Å². The Labute approximate surface area is 95.3 Å². The third kappa shape index (κ3) is 4.41. The summed E-state index contributed by atoms with van der Waals surface area (Å²) in [5.41, 5.74) is 1.18. The van der Waals surface area contributed by atoms with E-state index in [1.54, 1.807) is 25.8 Å². The molecule has 0 aliphatic rings. The van der Waals surface area contributed by atoms with Crippen molar-refractivity contribution in [1.29, 1.82) is 0 Å². The summed E-state index contributed by atoms with van der Waals surface area (Å²) >= 11 is 0. The van der Waals surface area contributed by atoms with E-state index in [-0.39, 0.29) is 0 Å². The quantitative estimate of drug-likeness (QED) is 0.444. The third-order valence-electron chi connectivity index (χ3n) is 1.90. The standard InChI is InChI=1S/C12H15N3O/c1-13-10-15(8-7-14-11-16)9-12-5-3-2-4-6-12/h2-8,10-11H,9H2,1H3,(H,14,16)/b8-7+,13-10-. The Morgan fingerprint density at radius 1 is 1.38 bits per heavy atom. The van der Waals surface area contributed by atoms with Crippen molar-refractivity contribution in [2.45, 2.75) is 6.54 Å². The molecule has 1 N–H and O–H groups in total. The van der Waals surface area contributed by atoms with Crippen molar-refractivity contribution in [3.63, 3.8) is 0 Å². The Kier molecular flexibility index (Phi) is 5.41. The first-order chi connectivity index (χ1) is 7.86. The van der Waals surface area contributed by atoms with Crippen LogP contribution in [0.4, 0.5) is 0 Å².